The summed E-state index contributed by atoms with van der Waals surface area (Å²) in [5.41, 5.74) is 3.41. The van der Waals surface area contributed by atoms with Crippen molar-refractivity contribution >= 4 is 28.2 Å². The maximum atomic E-state index is 12.8. The molecule has 0 bridgehead atoms. The second-order valence-corrected chi connectivity index (χ2v) is 9.54. The Morgan fingerprint density at radius 3 is 2.50 bits per heavy atom. The van der Waals surface area contributed by atoms with Crippen molar-refractivity contribution in [3.05, 3.63) is 51.4 Å². The van der Waals surface area contributed by atoms with E-state index >= 15 is 0 Å². The van der Waals surface area contributed by atoms with Crippen LogP contribution in [0.25, 0.3) is 0 Å². The number of amides is 1. The van der Waals surface area contributed by atoms with Crippen LogP contribution in [0.5, 0.6) is 0 Å². The van der Waals surface area contributed by atoms with Gasteiger partial charge in [0.2, 0.25) is 0 Å². The van der Waals surface area contributed by atoms with Crippen LogP contribution in [0, 0.1) is 0 Å². The summed E-state index contributed by atoms with van der Waals surface area (Å²) < 4.78 is 5.30. The second kappa shape index (κ2) is 8.08. The lowest BCUT2D eigenvalue weighted by Crippen LogP contribution is -2.17. The number of ether oxygens (including phenoxy) is 1. The molecule has 1 amide bonds. The van der Waals surface area contributed by atoms with Gasteiger partial charge in [-0.05, 0) is 60.8 Å². The Labute approximate surface area is 171 Å². The van der Waals surface area contributed by atoms with E-state index in [-0.39, 0.29) is 17.3 Å². The number of esters is 1. The number of fused-ring (bicyclic) bond motifs is 1. The summed E-state index contributed by atoms with van der Waals surface area (Å²) in [4.78, 5) is 26.7. The van der Waals surface area contributed by atoms with Gasteiger partial charge in [0.1, 0.15) is 5.00 Å². The van der Waals surface area contributed by atoms with Crippen LogP contribution < -0.4 is 5.32 Å². The molecule has 4 nitrogen and oxygen atoms in total. The third-order valence-electron chi connectivity index (χ3n) is 5.28. The van der Waals surface area contributed by atoms with Crippen LogP contribution in [0.1, 0.15) is 90.1 Å². The summed E-state index contributed by atoms with van der Waals surface area (Å²) >= 11 is 1.52. The van der Waals surface area contributed by atoms with Crippen molar-refractivity contribution in [3.63, 3.8) is 0 Å². The number of hydrogen-bond acceptors (Lipinski definition) is 4. The van der Waals surface area contributed by atoms with Crippen LogP contribution in [0.3, 0.4) is 0 Å². The van der Waals surface area contributed by atoms with Gasteiger partial charge in [-0.3, -0.25) is 4.79 Å². The number of aryl methyl sites for hydroxylation is 1. The predicted octanol–water partition coefficient (Wildman–Crippen LogP) is 5.91. The van der Waals surface area contributed by atoms with E-state index in [1.165, 1.54) is 21.8 Å². The van der Waals surface area contributed by atoms with Crippen LogP contribution in [-0.2, 0) is 16.6 Å². The fourth-order valence-electron chi connectivity index (χ4n) is 3.70. The Hall–Kier alpha value is -2.14. The number of hydrogen-bond donors (Lipinski definition) is 1. The number of benzene rings is 1. The number of thiophene rings is 1. The molecule has 1 aliphatic rings. The van der Waals surface area contributed by atoms with Gasteiger partial charge in [-0.1, -0.05) is 39.8 Å². The number of rotatable bonds is 4. The molecular weight excluding hydrogens is 370 g/mol. The lowest BCUT2D eigenvalue weighted by Gasteiger charge is -2.20. The van der Waals surface area contributed by atoms with Gasteiger partial charge in [-0.2, -0.15) is 0 Å². The fraction of sp³-hybridized carbons (Fsp3) is 0.478. The molecule has 1 heterocycles. The van der Waals surface area contributed by atoms with Gasteiger partial charge in [0, 0.05) is 10.4 Å². The maximum Gasteiger partial charge on any atom is 0.341 e. The highest BCUT2D eigenvalue weighted by molar-refractivity contribution is 7.17. The zero-order valence-electron chi connectivity index (χ0n) is 17.3. The van der Waals surface area contributed by atoms with Gasteiger partial charge in [-0.25, -0.2) is 4.79 Å². The van der Waals surface area contributed by atoms with Gasteiger partial charge in [0.15, 0.2) is 0 Å². The van der Waals surface area contributed by atoms with Crippen molar-refractivity contribution in [2.24, 2.45) is 0 Å². The molecule has 0 fully saturated rings. The Bertz CT molecular complexity index is 874. The minimum atomic E-state index is -0.341. The highest BCUT2D eigenvalue weighted by Gasteiger charge is 2.31. The third-order valence-corrected chi connectivity index (χ3v) is 6.46. The second-order valence-electron chi connectivity index (χ2n) is 8.44. The topological polar surface area (TPSA) is 55.4 Å². The molecule has 0 saturated carbocycles. The molecular formula is C23H29NO3S. The molecule has 1 unspecified atom stereocenters. The fourth-order valence-corrected chi connectivity index (χ4v) is 5.05. The van der Waals surface area contributed by atoms with E-state index < -0.39 is 0 Å². The first kappa shape index (κ1) is 20.6. The minimum Gasteiger partial charge on any atom is -0.462 e. The first-order chi connectivity index (χ1) is 13.2. The van der Waals surface area contributed by atoms with Crippen molar-refractivity contribution in [1.29, 1.82) is 0 Å². The Morgan fingerprint density at radius 2 is 1.89 bits per heavy atom. The van der Waals surface area contributed by atoms with Gasteiger partial charge < -0.3 is 10.1 Å². The summed E-state index contributed by atoms with van der Waals surface area (Å²) in [6.45, 7) is 10.7. The Balaban J connectivity index is 1.91. The van der Waals surface area contributed by atoms with Crippen molar-refractivity contribution in [1.82, 2.24) is 0 Å². The summed E-state index contributed by atoms with van der Waals surface area (Å²) in [5, 5.41) is 3.59. The predicted molar refractivity (Wildman–Crippen MR) is 115 cm³/mol. The van der Waals surface area contributed by atoms with E-state index in [1.54, 1.807) is 6.92 Å². The maximum absolute atomic E-state index is 12.8. The summed E-state index contributed by atoms with van der Waals surface area (Å²) in [6.07, 6.45) is 3.11. The zero-order chi connectivity index (χ0) is 20.5. The SMILES string of the molecule is CCOC(=O)c1c(NC(=O)c2ccc(C(C)(C)C)cc2)sc2c1C(C)CCC2. The molecule has 0 saturated heterocycles. The molecule has 0 radical (unpaired) electrons. The molecule has 5 heteroatoms. The van der Waals surface area contributed by atoms with Crippen molar-refractivity contribution in [3.8, 4) is 0 Å². The molecule has 1 atom stereocenters. The molecule has 0 spiro atoms. The average Bonchev–Trinajstić information content (AvgIpc) is 3.00. The summed E-state index contributed by atoms with van der Waals surface area (Å²) in [7, 11) is 0. The van der Waals surface area contributed by atoms with E-state index in [4.69, 9.17) is 4.74 Å². The number of nitrogens with one attached hydrogen (secondary N) is 1. The Morgan fingerprint density at radius 1 is 1.21 bits per heavy atom. The molecule has 28 heavy (non-hydrogen) atoms. The quantitative estimate of drug-likeness (QED) is 0.650. The van der Waals surface area contributed by atoms with Crippen molar-refractivity contribution < 1.29 is 14.3 Å². The third kappa shape index (κ3) is 4.14. The van der Waals surface area contributed by atoms with Crippen molar-refractivity contribution in [2.75, 3.05) is 11.9 Å². The lowest BCUT2D eigenvalue weighted by molar-refractivity contribution is 0.0526. The Kier molecular flexibility index (Phi) is 5.94. The van der Waals surface area contributed by atoms with Crippen LogP contribution in [0.2, 0.25) is 0 Å². The van der Waals surface area contributed by atoms with Gasteiger partial charge >= 0.3 is 5.97 Å². The molecule has 1 aromatic carbocycles. The molecule has 150 valence electrons. The standard InChI is InChI=1S/C23H29NO3S/c1-6-27-22(26)19-18-14(2)8-7-9-17(18)28-21(19)24-20(25)15-10-12-16(13-11-15)23(3,4)5/h10-14H,6-9H2,1-5H3,(H,24,25). The van der Waals surface area contributed by atoms with Gasteiger partial charge in [-0.15, -0.1) is 11.3 Å². The molecule has 0 aliphatic heterocycles. The minimum absolute atomic E-state index is 0.0367. The van der Waals surface area contributed by atoms with E-state index in [9.17, 15) is 9.59 Å². The van der Waals surface area contributed by atoms with Gasteiger partial charge in [0.05, 0.1) is 12.2 Å². The van der Waals surface area contributed by atoms with Crippen LogP contribution in [0.4, 0.5) is 5.00 Å². The van der Waals surface area contributed by atoms with Gasteiger partial charge in [0.25, 0.3) is 5.91 Å². The monoisotopic (exact) mass is 399 g/mol. The van der Waals surface area contributed by atoms with E-state index in [0.29, 0.717) is 28.7 Å². The first-order valence-corrected chi connectivity index (χ1v) is 10.8. The molecule has 3 rings (SSSR count). The molecule has 2 aromatic rings. The van der Waals surface area contributed by atoms with E-state index in [0.717, 1.165) is 24.8 Å². The molecule has 1 aliphatic carbocycles. The summed E-state index contributed by atoms with van der Waals surface area (Å²) in [6, 6.07) is 7.66. The highest BCUT2D eigenvalue weighted by Crippen LogP contribution is 2.43. The number of anilines is 1. The van der Waals surface area contributed by atoms with E-state index in [1.807, 2.05) is 24.3 Å². The van der Waals surface area contributed by atoms with Crippen LogP contribution >= 0.6 is 11.3 Å². The van der Waals surface area contributed by atoms with Crippen molar-refractivity contribution in [2.45, 2.75) is 65.2 Å². The number of carbonyl (C=O) groups excluding carboxylic acids is 2. The highest BCUT2D eigenvalue weighted by atomic mass is 32.1. The molecule has 1 aromatic heterocycles. The molecule has 1 N–H and O–H groups in total. The summed E-state index contributed by atoms with van der Waals surface area (Å²) in [5.74, 6) is -0.236. The smallest absolute Gasteiger partial charge is 0.341 e. The normalized spacial score (nSPS) is 16.4. The zero-order valence-corrected chi connectivity index (χ0v) is 18.2. The number of carbonyl (C=O) groups is 2. The van der Waals surface area contributed by atoms with Crippen LogP contribution in [0.15, 0.2) is 24.3 Å². The largest absolute Gasteiger partial charge is 0.462 e. The lowest BCUT2D eigenvalue weighted by atomic mass is 9.86. The van der Waals surface area contributed by atoms with E-state index in [2.05, 4.69) is 33.0 Å². The first-order valence-electron chi connectivity index (χ1n) is 9.97. The average molecular weight is 400 g/mol. The van der Waals surface area contributed by atoms with Crippen LogP contribution in [-0.4, -0.2) is 18.5 Å².